The number of pyridine rings is 1. The minimum atomic E-state index is -0.444. The SMILES string of the molecule is CCOCC(C)Nc1cc([N+](=O)[O-])cc(NC)n1. The van der Waals surface area contributed by atoms with Crippen LogP contribution in [0.15, 0.2) is 12.1 Å². The average Bonchev–Trinajstić information content (AvgIpc) is 2.35. The molecule has 18 heavy (non-hydrogen) atoms. The van der Waals surface area contributed by atoms with E-state index in [0.717, 1.165) is 0 Å². The maximum absolute atomic E-state index is 10.8. The number of nitro groups is 1. The summed E-state index contributed by atoms with van der Waals surface area (Å²) in [6, 6.07) is 2.82. The number of hydrogen-bond donors (Lipinski definition) is 2. The van der Waals surface area contributed by atoms with Crippen LogP contribution >= 0.6 is 0 Å². The minimum Gasteiger partial charge on any atom is -0.380 e. The van der Waals surface area contributed by atoms with Gasteiger partial charge in [-0.2, -0.15) is 0 Å². The van der Waals surface area contributed by atoms with Crippen molar-refractivity contribution in [2.24, 2.45) is 0 Å². The van der Waals surface area contributed by atoms with Crippen LogP contribution in [0.3, 0.4) is 0 Å². The van der Waals surface area contributed by atoms with E-state index in [4.69, 9.17) is 4.74 Å². The number of aromatic nitrogens is 1. The number of nitrogens with zero attached hydrogens (tertiary/aromatic N) is 2. The Morgan fingerprint density at radius 2 is 2.17 bits per heavy atom. The Labute approximate surface area is 106 Å². The fourth-order valence-corrected chi connectivity index (χ4v) is 1.41. The van der Waals surface area contributed by atoms with E-state index in [1.165, 1.54) is 12.1 Å². The monoisotopic (exact) mass is 254 g/mol. The van der Waals surface area contributed by atoms with Crippen molar-refractivity contribution in [3.63, 3.8) is 0 Å². The molecule has 1 rings (SSSR count). The summed E-state index contributed by atoms with van der Waals surface area (Å²) in [4.78, 5) is 14.5. The van der Waals surface area contributed by atoms with Crippen molar-refractivity contribution in [2.45, 2.75) is 19.9 Å². The molecule has 0 saturated heterocycles. The van der Waals surface area contributed by atoms with Gasteiger partial charge in [-0.3, -0.25) is 10.1 Å². The van der Waals surface area contributed by atoms with Gasteiger partial charge in [-0.1, -0.05) is 0 Å². The van der Waals surface area contributed by atoms with Crippen LogP contribution in [0.25, 0.3) is 0 Å². The van der Waals surface area contributed by atoms with Gasteiger partial charge in [0.2, 0.25) is 0 Å². The molecule has 1 aromatic heterocycles. The molecule has 0 spiro atoms. The Balaban J connectivity index is 2.81. The van der Waals surface area contributed by atoms with Gasteiger partial charge in [-0.05, 0) is 13.8 Å². The van der Waals surface area contributed by atoms with Crippen molar-refractivity contribution in [1.82, 2.24) is 4.98 Å². The Morgan fingerprint density at radius 1 is 1.50 bits per heavy atom. The lowest BCUT2D eigenvalue weighted by molar-refractivity contribution is -0.384. The predicted molar refractivity (Wildman–Crippen MR) is 70.0 cm³/mol. The van der Waals surface area contributed by atoms with E-state index < -0.39 is 4.92 Å². The van der Waals surface area contributed by atoms with E-state index in [2.05, 4.69) is 15.6 Å². The lowest BCUT2D eigenvalue weighted by Gasteiger charge is -2.14. The van der Waals surface area contributed by atoms with Gasteiger partial charge in [-0.15, -0.1) is 0 Å². The first-order valence-electron chi connectivity index (χ1n) is 5.75. The van der Waals surface area contributed by atoms with Gasteiger partial charge in [0.25, 0.3) is 5.69 Å². The third-order valence-electron chi connectivity index (χ3n) is 2.24. The molecule has 0 radical (unpaired) electrons. The minimum absolute atomic E-state index is 0.000426. The second-order valence-electron chi connectivity index (χ2n) is 3.81. The molecular weight excluding hydrogens is 236 g/mol. The molecule has 0 aliphatic carbocycles. The molecule has 0 aliphatic heterocycles. The van der Waals surface area contributed by atoms with Crippen molar-refractivity contribution >= 4 is 17.3 Å². The molecule has 1 aromatic rings. The molecule has 0 fully saturated rings. The summed E-state index contributed by atoms with van der Waals surface area (Å²) in [6.07, 6.45) is 0. The summed E-state index contributed by atoms with van der Waals surface area (Å²) >= 11 is 0. The zero-order valence-corrected chi connectivity index (χ0v) is 10.8. The van der Waals surface area contributed by atoms with Crippen molar-refractivity contribution in [3.05, 3.63) is 22.2 Å². The van der Waals surface area contributed by atoms with Gasteiger partial charge >= 0.3 is 0 Å². The molecule has 2 N–H and O–H groups in total. The first kappa shape index (κ1) is 14.2. The van der Waals surface area contributed by atoms with E-state index >= 15 is 0 Å². The summed E-state index contributed by atoms with van der Waals surface area (Å²) in [5, 5.41) is 16.6. The van der Waals surface area contributed by atoms with E-state index in [-0.39, 0.29) is 11.7 Å². The Morgan fingerprint density at radius 3 is 2.72 bits per heavy atom. The molecule has 0 bridgehead atoms. The summed E-state index contributed by atoms with van der Waals surface area (Å²) < 4.78 is 5.26. The first-order chi connectivity index (χ1) is 8.56. The fourth-order valence-electron chi connectivity index (χ4n) is 1.41. The Kier molecular flexibility index (Phi) is 5.31. The smallest absolute Gasteiger partial charge is 0.276 e. The molecular formula is C11H18N4O3. The second-order valence-corrected chi connectivity index (χ2v) is 3.81. The molecule has 0 aliphatic rings. The van der Waals surface area contributed by atoms with Crippen molar-refractivity contribution < 1.29 is 9.66 Å². The third-order valence-corrected chi connectivity index (χ3v) is 2.24. The van der Waals surface area contributed by atoms with Gasteiger partial charge in [0, 0.05) is 19.7 Å². The van der Waals surface area contributed by atoms with Gasteiger partial charge in [0.1, 0.15) is 11.6 Å². The van der Waals surface area contributed by atoms with Crippen LogP contribution in [0.5, 0.6) is 0 Å². The summed E-state index contributed by atoms with van der Waals surface area (Å²) in [6.45, 7) is 5.00. The number of ether oxygens (including phenoxy) is 1. The second kappa shape index (κ2) is 6.75. The van der Waals surface area contributed by atoms with Crippen molar-refractivity contribution in [1.29, 1.82) is 0 Å². The maximum atomic E-state index is 10.8. The van der Waals surface area contributed by atoms with Crippen LogP contribution < -0.4 is 10.6 Å². The van der Waals surface area contributed by atoms with Crippen LogP contribution in [-0.2, 0) is 4.74 Å². The lowest BCUT2D eigenvalue weighted by Crippen LogP contribution is -2.22. The highest BCUT2D eigenvalue weighted by Gasteiger charge is 2.12. The molecule has 1 heterocycles. The van der Waals surface area contributed by atoms with E-state index in [9.17, 15) is 10.1 Å². The zero-order valence-electron chi connectivity index (χ0n) is 10.8. The molecule has 0 amide bonds. The highest BCUT2D eigenvalue weighted by atomic mass is 16.6. The average molecular weight is 254 g/mol. The number of anilines is 2. The van der Waals surface area contributed by atoms with Crippen LogP contribution in [0.2, 0.25) is 0 Å². The van der Waals surface area contributed by atoms with E-state index in [0.29, 0.717) is 24.8 Å². The topological polar surface area (TPSA) is 89.3 Å². The first-order valence-corrected chi connectivity index (χ1v) is 5.75. The quantitative estimate of drug-likeness (QED) is 0.570. The standard InChI is InChI=1S/C11H18N4O3/c1-4-18-7-8(2)13-11-6-9(15(16)17)5-10(12-3)14-11/h5-6,8H,4,7H2,1-3H3,(H2,12,13,14). The number of hydrogen-bond acceptors (Lipinski definition) is 6. The molecule has 0 saturated carbocycles. The fraction of sp³-hybridized carbons (Fsp3) is 0.545. The van der Waals surface area contributed by atoms with E-state index in [1.807, 2.05) is 13.8 Å². The molecule has 1 atom stereocenters. The van der Waals surface area contributed by atoms with Crippen LogP contribution in [0.1, 0.15) is 13.8 Å². The summed E-state index contributed by atoms with van der Waals surface area (Å²) in [7, 11) is 1.67. The molecule has 7 heteroatoms. The number of rotatable bonds is 7. The largest absolute Gasteiger partial charge is 0.380 e. The molecule has 100 valence electrons. The lowest BCUT2D eigenvalue weighted by atomic mass is 10.3. The van der Waals surface area contributed by atoms with Crippen LogP contribution in [0.4, 0.5) is 17.3 Å². The Hall–Kier alpha value is -1.89. The maximum Gasteiger partial charge on any atom is 0.276 e. The normalized spacial score (nSPS) is 11.9. The van der Waals surface area contributed by atoms with Gasteiger partial charge in [0.05, 0.1) is 23.7 Å². The molecule has 1 unspecified atom stereocenters. The highest BCUT2D eigenvalue weighted by molar-refractivity contribution is 5.54. The predicted octanol–water partition coefficient (Wildman–Crippen LogP) is 1.87. The summed E-state index contributed by atoms with van der Waals surface area (Å²) in [5.74, 6) is 0.913. The van der Waals surface area contributed by atoms with E-state index in [1.54, 1.807) is 7.05 Å². The van der Waals surface area contributed by atoms with Crippen molar-refractivity contribution in [3.8, 4) is 0 Å². The van der Waals surface area contributed by atoms with Crippen molar-refractivity contribution in [2.75, 3.05) is 30.9 Å². The third kappa shape index (κ3) is 4.17. The Bertz CT molecular complexity index is 411. The van der Waals surface area contributed by atoms with Gasteiger partial charge < -0.3 is 15.4 Å². The van der Waals surface area contributed by atoms with Gasteiger partial charge in [0.15, 0.2) is 0 Å². The highest BCUT2D eigenvalue weighted by Crippen LogP contribution is 2.20. The number of nitrogens with one attached hydrogen (secondary N) is 2. The van der Waals surface area contributed by atoms with Crippen LogP contribution in [0, 0.1) is 10.1 Å². The summed E-state index contributed by atoms with van der Waals surface area (Å²) in [5.41, 5.74) is 0.000426. The molecule has 0 aromatic carbocycles. The van der Waals surface area contributed by atoms with Crippen LogP contribution in [-0.4, -0.2) is 36.2 Å². The molecule has 7 nitrogen and oxygen atoms in total. The van der Waals surface area contributed by atoms with Gasteiger partial charge in [-0.25, -0.2) is 4.98 Å². The zero-order chi connectivity index (χ0) is 13.5.